The number of rotatable bonds is 9. The lowest BCUT2D eigenvalue weighted by Crippen LogP contribution is -2.23. The van der Waals surface area contributed by atoms with E-state index in [0.717, 1.165) is 16.6 Å². The molecule has 0 fully saturated rings. The van der Waals surface area contributed by atoms with Gasteiger partial charge in [0.05, 0.1) is 15.8 Å². The Morgan fingerprint density at radius 3 is 2.60 bits per heavy atom. The number of thiazole rings is 1. The predicted molar refractivity (Wildman–Crippen MR) is 114 cm³/mol. The number of anilines is 2. The van der Waals surface area contributed by atoms with Crippen molar-refractivity contribution in [3.63, 3.8) is 0 Å². The molecule has 6 nitrogen and oxygen atoms in total. The molecule has 30 heavy (non-hydrogen) atoms. The topological polar surface area (TPSA) is 83.0 Å². The maximum Gasteiger partial charge on any atom is 0.405 e. The number of aliphatic hydroxyl groups is 1. The van der Waals surface area contributed by atoms with Crippen molar-refractivity contribution in [2.75, 3.05) is 30.3 Å². The number of fused-ring (bicyclic) bond motifs is 1. The molecule has 2 aromatic heterocycles. The van der Waals surface area contributed by atoms with Crippen LogP contribution in [0.4, 0.5) is 24.9 Å². The summed E-state index contributed by atoms with van der Waals surface area (Å²) in [5, 5.41) is 15.2. The summed E-state index contributed by atoms with van der Waals surface area (Å²) < 4.78 is 38.7. The summed E-state index contributed by atoms with van der Waals surface area (Å²) in [6.45, 7) is 1.23. The third-order valence-electron chi connectivity index (χ3n) is 4.50. The molecular formula is C19H21ClF3N5OS. The molecule has 3 N–H and O–H groups in total. The van der Waals surface area contributed by atoms with Crippen LogP contribution in [0.1, 0.15) is 19.8 Å². The second-order valence-corrected chi connectivity index (χ2v) is 8.08. The molecule has 0 radical (unpaired) electrons. The Bertz CT molecular complexity index is 961. The average Bonchev–Trinajstić information content (AvgIpc) is 3.12. The minimum absolute atomic E-state index is 0.00503. The van der Waals surface area contributed by atoms with E-state index < -0.39 is 12.7 Å². The highest BCUT2D eigenvalue weighted by Gasteiger charge is 2.28. The number of aromatic nitrogens is 3. The molecule has 0 aliphatic rings. The summed E-state index contributed by atoms with van der Waals surface area (Å²) in [6.07, 6.45) is -2.93. The summed E-state index contributed by atoms with van der Waals surface area (Å²) in [7, 11) is 0. The van der Waals surface area contributed by atoms with Crippen molar-refractivity contribution in [2.45, 2.75) is 25.9 Å². The van der Waals surface area contributed by atoms with Crippen LogP contribution in [0.3, 0.4) is 0 Å². The van der Waals surface area contributed by atoms with Crippen molar-refractivity contribution in [3.8, 4) is 10.6 Å². The largest absolute Gasteiger partial charge is 0.405 e. The second-order valence-electron chi connectivity index (χ2n) is 6.69. The number of aliphatic hydroxyl groups excluding tert-OH is 1. The van der Waals surface area contributed by atoms with Crippen LogP contribution in [0, 0.1) is 5.92 Å². The van der Waals surface area contributed by atoms with Crippen LogP contribution in [0.25, 0.3) is 20.8 Å². The molecule has 1 unspecified atom stereocenters. The van der Waals surface area contributed by atoms with Gasteiger partial charge in [0.15, 0.2) is 0 Å². The van der Waals surface area contributed by atoms with Gasteiger partial charge in [-0.1, -0.05) is 37.1 Å². The maximum atomic E-state index is 12.6. The van der Waals surface area contributed by atoms with Crippen molar-refractivity contribution in [1.82, 2.24) is 15.0 Å². The Hall–Kier alpha value is -2.17. The van der Waals surface area contributed by atoms with E-state index in [-0.39, 0.29) is 23.6 Å². The number of nitrogens with one attached hydrogen (secondary N) is 2. The highest BCUT2D eigenvalue weighted by molar-refractivity contribution is 7.21. The van der Waals surface area contributed by atoms with Crippen LogP contribution in [-0.4, -0.2) is 45.9 Å². The number of para-hydroxylation sites is 1. The lowest BCUT2D eigenvalue weighted by molar-refractivity contribution is -0.115. The normalized spacial score (nSPS) is 12.9. The van der Waals surface area contributed by atoms with Gasteiger partial charge in [-0.3, -0.25) is 0 Å². The van der Waals surface area contributed by atoms with E-state index in [0.29, 0.717) is 29.4 Å². The molecule has 0 amide bonds. The molecule has 0 saturated carbocycles. The van der Waals surface area contributed by atoms with Gasteiger partial charge in [0.1, 0.15) is 22.5 Å². The SMILES string of the molecule is CCC(CO)CCNc1nc(NCC(F)(F)F)nc(Cl)c1-c1nc2ccccc2s1. The summed E-state index contributed by atoms with van der Waals surface area (Å²) in [5.74, 6) is 0.189. The molecule has 162 valence electrons. The first-order valence-electron chi connectivity index (χ1n) is 9.39. The maximum absolute atomic E-state index is 12.6. The minimum Gasteiger partial charge on any atom is -0.396 e. The number of benzene rings is 1. The molecule has 3 aromatic rings. The van der Waals surface area contributed by atoms with E-state index in [1.807, 2.05) is 31.2 Å². The van der Waals surface area contributed by atoms with Crippen LogP contribution in [0.15, 0.2) is 24.3 Å². The monoisotopic (exact) mass is 459 g/mol. The van der Waals surface area contributed by atoms with E-state index >= 15 is 0 Å². The van der Waals surface area contributed by atoms with E-state index in [2.05, 4.69) is 25.6 Å². The van der Waals surface area contributed by atoms with Crippen molar-refractivity contribution in [2.24, 2.45) is 5.92 Å². The van der Waals surface area contributed by atoms with Gasteiger partial charge in [0.2, 0.25) is 5.95 Å². The molecule has 2 heterocycles. The zero-order chi connectivity index (χ0) is 21.7. The molecule has 0 saturated heterocycles. The molecule has 0 spiro atoms. The number of hydrogen-bond donors (Lipinski definition) is 3. The second kappa shape index (κ2) is 9.76. The fourth-order valence-corrected chi connectivity index (χ4v) is 4.14. The lowest BCUT2D eigenvalue weighted by atomic mass is 10.0. The highest BCUT2D eigenvalue weighted by atomic mass is 35.5. The summed E-state index contributed by atoms with van der Waals surface area (Å²) in [4.78, 5) is 12.8. The lowest BCUT2D eigenvalue weighted by Gasteiger charge is -2.16. The number of alkyl halides is 3. The molecular weight excluding hydrogens is 439 g/mol. The van der Waals surface area contributed by atoms with Gasteiger partial charge in [-0.05, 0) is 24.5 Å². The Morgan fingerprint density at radius 1 is 1.17 bits per heavy atom. The third kappa shape index (κ3) is 5.71. The molecule has 11 heteroatoms. The van der Waals surface area contributed by atoms with Crippen LogP contribution < -0.4 is 10.6 Å². The van der Waals surface area contributed by atoms with Crippen molar-refractivity contribution < 1.29 is 18.3 Å². The van der Waals surface area contributed by atoms with Gasteiger partial charge in [0, 0.05) is 13.2 Å². The summed E-state index contributed by atoms with van der Waals surface area (Å²) in [5.41, 5.74) is 1.22. The van der Waals surface area contributed by atoms with E-state index in [9.17, 15) is 18.3 Å². The van der Waals surface area contributed by atoms with E-state index in [4.69, 9.17) is 11.6 Å². The van der Waals surface area contributed by atoms with Crippen molar-refractivity contribution in [3.05, 3.63) is 29.4 Å². The first-order chi connectivity index (χ1) is 14.3. The molecule has 1 aromatic carbocycles. The smallest absolute Gasteiger partial charge is 0.396 e. The van der Waals surface area contributed by atoms with Crippen LogP contribution in [-0.2, 0) is 0 Å². The van der Waals surface area contributed by atoms with Gasteiger partial charge in [-0.15, -0.1) is 11.3 Å². The fourth-order valence-electron chi connectivity index (χ4n) is 2.81. The van der Waals surface area contributed by atoms with Gasteiger partial charge in [-0.2, -0.15) is 18.2 Å². The van der Waals surface area contributed by atoms with Gasteiger partial charge >= 0.3 is 6.18 Å². The molecule has 0 aliphatic heterocycles. The molecule has 0 aliphatic carbocycles. The van der Waals surface area contributed by atoms with Crippen LogP contribution in [0.5, 0.6) is 0 Å². The van der Waals surface area contributed by atoms with Crippen LogP contribution in [0.2, 0.25) is 5.15 Å². The van der Waals surface area contributed by atoms with Crippen LogP contribution >= 0.6 is 22.9 Å². The first-order valence-corrected chi connectivity index (χ1v) is 10.6. The number of halogens is 4. The Labute approximate surface area is 180 Å². The van der Waals surface area contributed by atoms with Gasteiger partial charge in [0.25, 0.3) is 0 Å². The van der Waals surface area contributed by atoms with Crippen molar-refractivity contribution in [1.29, 1.82) is 0 Å². The average molecular weight is 460 g/mol. The molecule has 1 atom stereocenters. The zero-order valence-electron chi connectivity index (χ0n) is 16.1. The zero-order valence-corrected chi connectivity index (χ0v) is 17.7. The Morgan fingerprint density at radius 2 is 1.93 bits per heavy atom. The third-order valence-corrected chi connectivity index (χ3v) is 5.83. The highest BCUT2D eigenvalue weighted by Crippen LogP contribution is 2.38. The fraction of sp³-hybridized carbons (Fsp3) is 0.421. The standard InChI is InChI=1S/C19H21ClF3N5OS/c1-2-11(9-29)7-8-24-16-14(17-26-12-5-3-4-6-13(12)30-17)15(20)27-18(28-16)25-10-19(21,22)23/h3-6,11,29H,2,7-10H2,1H3,(H2,24,25,27,28). The summed E-state index contributed by atoms with van der Waals surface area (Å²) in [6, 6.07) is 7.55. The number of nitrogens with zero attached hydrogens (tertiary/aromatic N) is 3. The first kappa shape index (κ1) is 22.5. The van der Waals surface area contributed by atoms with Gasteiger partial charge in [-0.25, -0.2) is 9.97 Å². The number of hydrogen-bond acceptors (Lipinski definition) is 7. The van der Waals surface area contributed by atoms with Crippen molar-refractivity contribution >= 4 is 44.9 Å². The van der Waals surface area contributed by atoms with Gasteiger partial charge < -0.3 is 15.7 Å². The Balaban J connectivity index is 1.94. The molecule has 0 bridgehead atoms. The van der Waals surface area contributed by atoms with E-state index in [1.165, 1.54) is 11.3 Å². The van der Waals surface area contributed by atoms with E-state index in [1.54, 1.807) is 0 Å². The quantitative estimate of drug-likeness (QED) is 0.381. The predicted octanol–water partition coefficient (Wildman–Crippen LogP) is 5.20. The minimum atomic E-state index is -4.41. The molecule has 3 rings (SSSR count). The Kier molecular flexibility index (Phi) is 7.32. The summed E-state index contributed by atoms with van der Waals surface area (Å²) >= 11 is 7.75.